The van der Waals surface area contributed by atoms with Crippen LogP contribution in [0.1, 0.15) is 66.7 Å². The molecule has 3 N–H and O–H groups in total. The van der Waals surface area contributed by atoms with E-state index in [0.29, 0.717) is 29.9 Å². The fourth-order valence-corrected chi connectivity index (χ4v) is 7.92. The third-order valence-corrected chi connectivity index (χ3v) is 10.0. The molecule has 0 aliphatic heterocycles. The summed E-state index contributed by atoms with van der Waals surface area (Å²) in [7, 11) is 0. The molecule has 162 valence electrons. The van der Waals surface area contributed by atoms with Gasteiger partial charge in [-0.2, -0.15) is 11.8 Å². The molecule has 2 saturated carbocycles. The molecule has 2 fully saturated rings. The van der Waals surface area contributed by atoms with Gasteiger partial charge in [0.15, 0.2) is 0 Å². The standard InChI is InChI=1S/C25H38O3S/c1-15(29-14-23(2,3)28)19-8-9-20-18-7-6-16-12-17(26)13-22(27)25(16,5)21(18)10-11-24(19,20)4/h6-8,15,17,20-22,26-28H,9-14H2,1-5H3/t15-,17+,20-,21-,22-,24+,25-/m0/s1. The first-order valence-electron chi connectivity index (χ1n) is 11.3. The number of aliphatic hydroxyl groups excluding tert-OH is 2. The molecule has 4 heteroatoms. The van der Waals surface area contributed by atoms with E-state index < -0.39 is 17.8 Å². The number of allylic oxidation sites excluding steroid dienone is 4. The fourth-order valence-electron chi connectivity index (χ4n) is 6.72. The number of thioether (sulfide) groups is 1. The summed E-state index contributed by atoms with van der Waals surface area (Å²) >= 11 is 1.86. The molecule has 4 aliphatic rings. The zero-order valence-corrected chi connectivity index (χ0v) is 19.4. The Bertz CT molecular complexity index is 761. The molecule has 0 unspecified atom stereocenters. The third-order valence-electron chi connectivity index (χ3n) is 8.42. The summed E-state index contributed by atoms with van der Waals surface area (Å²) in [5.41, 5.74) is 3.62. The van der Waals surface area contributed by atoms with Gasteiger partial charge in [0.2, 0.25) is 0 Å². The minimum absolute atomic E-state index is 0.176. The molecule has 29 heavy (non-hydrogen) atoms. The van der Waals surface area contributed by atoms with Gasteiger partial charge in [0.05, 0.1) is 17.8 Å². The van der Waals surface area contributed by atoms with Crippen LogP contribution in [0.4, 0.5) is 0 Å². The van der Waals surface area contributed by atoms with E-state index in [9.17, 15) is 15.3 Å². The van der Waals surface area contributed by atoms with Crippen molar-refractivity contribution in [3.8, 4) is 0 Å². The van der Waals surface area contributed by atoms with Gasteiger partial charge in [0.25, 0.3) is 0 Å². The van der Waals surface area contributed by atoms with Crippen molar-refractivity contribution in [1.29, 1.82) is 0 Å². The van der Waals surface area contributed by atoms with E-state index in [0.717, 1.165) is 25.0 Å². The molecule has 4 rings (SSSR count). The molecule has 0 bridgehead atoms. The van der Waals surface area contributed by atoms with Crippen molar-refractivity contribution >= 4 is 11.8 Å². The van der Waals surface area contributed by atoms with Crippen molar-refractivity contribution in [2.24, 2.45) is 22.7 Å². The number of hydrogen-bond acceptors (Lipinski definition) is 4. The minimum Gasteiger partial charge on any atom is -0.393 e. The summed E-state index contributed by atoms with van der Waals surface area (Å²) in [6, 6.07) is 0. The molecular formula is C25H38O3S. The lowest BCUT2D eigenvalue weighted by Gasteiger charge is -2.56. The molecule has 0 amide bonds. The molecule has 0 heterocycles. The van der Waals surface area contributed by atoms with Crippen LogP contribution in [0.5, 0.6) is 0 Å². The average molecular weight is 419 g/mol. The van der Waals surface area contributed by atoms with Gasteiger partial charge in [-0.05, 0) is 63.7 Å². The van der Waals surface area contributed by atoms with E-state index >= 15 is 0 Å². The Balaban J connectivity index is 1.59. The second kappa shape index (κ2) is 7.25. The molecular weight excluding hydrogens is 380 g/mol. The van der Waals surface area contributed by atoms with Crippen molar-refractivity contribution in [3.63, 3.8) is 0 Å². The van der Waals surface area contributed by atoms with Crippen molar-refractivity contribution in [3.05, 3.63) is 34.9 Å². The topological polar surface area (TPSA) is 60.7 Å². The first kappa shape index (κ1) is 21.7. The van der Waals surface area contributed by atoms with Crippen LogP contribution in [0, 0.1) is 22.7 Å². The predicted molar refractivity (Wildman–Crippen MR) is 121 cm³/mol. The highest BCUT2D eigenvalue weighted by atomic mass is 32.2. The van der Waals surface area contributed by atoms with Gasteiger partial charge in [0.1, 0.15) is 0 Å². The fraction of sp³-hybridized carbons (Fsp3) is 0.760. The summed E-state index contributed by atoms with van der Waals surface area (Å²) < 4.78 is 0. The van der Waals surface area contributed by atoms with E-state index in [1.165, 1.54) is 11.1 Å². The molecule has 0 radical (unpaired) electrons. The molecule has 0 aromatic carbocycles. The van der Waals surface area contributed by atoms with E-state index in [2.05, 4.69) is 39.0 Å². The van der Waals surface area contributed by atoms with Gasteiger partial charge < -0.3 is 15.3 Å². The SMILES string of the molecule is C[C@H](SCC(C)(C)O)C1=CC[C@H]2C3=CC=C4C[C@@H](O)C[C@H](O)[C@]4(C)[C@H]3CC[C@]12C. The second-order valence-electron chi connectivity index (χ2n) is 11.0. The summed E-state index contributed by atoms with van der Waals surface area (Å²) in [5.74, 6) is 1.64. The van der Waals surface area contributed by atoms with Gasteiger partial charge in [-0.1, -0.05) is 48.8 Å². The van der Waals surface area contributed by atoms with E-state index in [1.54, 1.807) is 5.57 Å². The van der Waals surface area contributed by atoms with Crippen LogP contribution in [0.2, 0.25) is 0 Å². The largest absolute Gasteiger partial charge is 0.393 e. The Morgan fingerprint density at radius 1 is 1.21 bits per heavy atom. The number of aliphatic hydroxyl groups is 3. The Morgan fingerprint density at radius 3 is 2.62 bits per heavy atom. The van der Waals surface area contributed by atoms with Gasteiger partial charge in [-0.25, -0.2) is 0 Å². The number of hydrogen-bond donors (Lipinski definition) is 3. The van der Waals surface area contributed by atoms with E-state index in [1.807, 2.05) is 25.6 Å². The van der Waals surface area contributed by atoms with E-state index in [4.69, 9.17) is 0 Å². The first-order chi connectivity index (χ1) is 13.5. The quantitative estimate of drug-likeness (QED) is 0.583. The Morgan fingerprint density at radius 2 is 1.93 bits per heavy atom. The molecule has 0 saturated heterocycles. The number of fused-ring (bicyclic) bond motifs is 5. The molecule has 0 aromatic heterocycles. The molecule has 4 aliphatic carbocycles. The van der Waals surface area contributed by atoms with Crippen molar-refractivity contribution in [2.45, 2.75) is 89.8 Å². The summed E-state index contributed by atoms with van der Waals surface area (Å²) in [6.45, 7) is 10.7. The van der Waals surface area contributed by atoms with E-state index in [-0.39, 0.29) is 10.8 Å². The molecule has 3 nitrogen and oxygen atoms in total. The van der Waals surface area contributed by atoms with Gasteiger partial charge in [-0.3, -0.25) is 0 Å². The molecule has 7 atom stereocenters. The van der Waals surface area contributed by atoms with Crippen LogP contribution >= 0.6 is 11.8 Å². The highest BCUT2D eigenvalue weighted by Gasteiger charge is 2.57. The zero-order chi connectivity index (χ0) is 21.2. The second-order valence-corrected chi connectivity index (χ2v) is 12.3. The van der Waals surface area contributed by atoms with Crippen molar-refractivity contribution < 1.29 is 15.3 Å². The Hall–Kier alpha value is -0.550. The van der Waals surface area contributed by atoms with Crippen LogP contribution < -0.4 is 0 Å². The smallest absolute Gasteiger partial charge is 0.0682 e. The van der Waals surface area contributed by atoms with Crippen LogP contribution in [0.15, 0.2) is 34.9 Å². The van der Waals surface area contributed by atoms with Crippen LogP contribution in [-0.4, -0.2) is 44.1 Å². The van der Waals surface area contributed by atoms with Crippen LogP contribution in [0.3, 0.4) is 0 Å². The average Bonchev–Trinajstić information content (AvgIpc) is 2.98. The summed E-state index contributed by atoms with van der Waals surface area (Å²) in [4.78, 5) is 0. The molecule has 0 aromatic rings. The van der Waals surface area contributed by atoms with Gasteiger partial charge >= 0.3 is 0 Å². The maximum Gasteiger partial charge on any atom is 0.0682 e. The summed E-state index contributed by atoms with van der Waals surface area (Å²) in [5, 5.41) is 31.7. The van der Waals surface area contributed by atoms with Gasteiger partial charge in [-0.15, -0.1) is 0 Å². The van der Waals surface area contributed by atoms with Crippen molar-refractivity contribution in [1.82, 2.24) is 0 Å². The Kier molecular flexibility index (Phi) is 5.42. The monoisotopic (exact) mass is 418 g/mol. The maximum absolute atomic E-state index is 11.0. The lowest BCUT2D eigenvalue weighted by molar-refractivity contribution is -0.0489. The van der Waals surface area contributed by atoms with Crippen molar-refractivity contribution in [2.75, 3.05) is 5.75 Å². The van der Waals surface area contributed by atoms with Crippen LogP contribution in [-0.2, 0) is 0 Å². The normalized spacial score (nSPS) is 42.8. The first-order valence-corrected chi connectivity index (χ1v) is 12.3. The van der Waals surface area contributed by atoms with Gasteiger partial charge in [0, 0.05) is 22.8 Å². The highest BCUT2D eigenvalue weighted by Crippen LogP contribution is 2.64. The number of rotatable bonds is 4. The maximum atomic E-state index is 11.0. The summed E-state index contributed by atoms with van der Waals surface area (Å²) in [6.07, 6.45) is 10.7. The third kappa shape index (κ3) is 3.48. The predicted octanol–water partition coefficient (Wildman–Crippen LogP) is 4.63. The Labute approximate surface area is 180 Å². The van der Waals surface area contributed by atoms with Crippen LogP contribution in [0.25, 0.3) is 0 Å². The lowest BCUT2D eigenvalue weighted by Crippen LogP contribution is -2.52. The zero-order valence-electron chi connectivity index (χ0n) is 18.6. The highest BCUT2D eigenvalue weighted by molar-refractivity contribution is 8.00. The molecule has 0 spiro atoms. The minimum atomic E-state index is -0.639. The lowest BCUT2D eigenvalue weighted by atomic mass is 9.50.